The maximum Gasteiger partial charge on any atom is 0.333 e. The van der Waals surface area contributed by atoms with Gasteiger partial charge in [-0.15, -0.1) is 5.10 Å². The van der Waals surface area contributed by atoms with Crippen LogP contribution in [-0.2, 0) is 15.1 Å². The van der Waals surface area contributed by atoms with Crippen LogP contribution in [-0.4, -0.2) is 41.2 Å². The zero-order valence-electron chi connectivity index (χ0n) is 8.64. The van der Waals surface area contributed by atoms with Crippen LogP contribution < -0.4 is 5.32 Å². The van der Waals surface area contributed by atoms with Crippen molar-refractivity contribution in [2.24, 2.45) is 0 Å². The van der Waals surface area contributed by atoms with E-state index in [-0.39, 0.29) is 5.97 Å². The Hall–Kier alpha value is -1.43. The van der Waals surface area contributed by atoms with E-state index in [2.05, 4.69) is 15.6 Å². The van der Waals surface area contributed by atoms with Crippen LogP contribution in [0.1, 0.15) is 12.8 Å². The lowest BCUT2D eigenvalue weighted by Crippen LogP contribution is -2.50. The van der Waals surface area contributed by atoms with E-state index < -0.39 is 5.54 Å². The fourth-order valence-corrected chi connectivity index (χ4v) is 1.99. The highest BCUT2D eigenvalue weighted by Gasteiger charge is 2.43. The average molecular weight is 210 g/mol. The summed E-state index contributed by atoms with van der Waals surface area (Å²) in [6, 6.07) is 0. The monoisotopic (exact) mass is 210 g/mol. The molecular weight excluding hydrogens is 196 g/mol. The summed E-state index contributed by atoms with van der Waals surface area (Å²) in [5, 5.41) is 10.9. The molecule has 2 heterocycles. The number of piperidine rings is 1. The Bertz CT molecular complexity index is 330. The Morgan fingerprint density at radius 3 is 2.80 bits per heavy atom. The lowest BCUT2D eigenvalue weighted by atomic mass is 9.88. The molecule has 6 nitrogen and oxygen atoms in total. The van der Waals surface area contributed by atoms with E-state index in [1.165, 1.54) is 7.11 Å². The summed E-state index contributed by atoms with van der Waals surface area (Å²) in [5.74, 6) is -0.241. The highest BCUT2D eigenvalue weighted by Crippen LogP contribution is 2.27. The third kappa shape index (κ3) is 1.61. The Morgan fingerprint density at radius 1 is 1.53 bits per heavy atom. The van der Waals surface area contributed by atoms with Crippen molar-refractivity contribution in [1.29, 1.82) is 0 Å². The molecule has 1 fully saturated rings. The maximum atomic E-state index is 11.8. The minimum absolute atomic E-state index is 0.241. The van der Waals surface area contributed by atoms with Crippen LogP contribution in [0.15, 0.2) is 12.4 Å². The van der Waals surface area contributed by atoms with Crippen LogP contribution in [0.5, 0.6) is 0 Å². The fourth-order valence-electron chi connectivity index (χ4n) is 1.99. The van der Waals surface area contributed by atoms with Crippen molar-refractivity contribution in [3.05, 3.63) is 12.4 Å². The molecule has 0 spiro atoms. The van der Waals surface area contributed by atoms with Gasteiger partial charge in [0.25, 0.3) is 0 Å². The minimum atomic E-state index is -0.670. The maximum absolute atomic E-state index is 11.8. The molecule has 0 aromatic carbocycles. The highest BCUT2D eigenvalue weighted by molar-refractivity contribution is 5.78. The number of methoxy groups -OCH3 is 1. The number of carbonyl (C=O) groups is 1. The van der Waals surface area contributed by atoms with Gasteiger partial charge in [-0.3, -0.25) is 0 Å². The van der Waals surface area contributed by atoms with Crippen LogP contribution in [0.2, 0.25) is 0 Å². The summed E-state index contributed by atoms with van der Waals surface area (Å²) < 4.78 is 6.47. The molecule has 0 unspecified atom stereocenters. The van der Waals surface area contributed by atoms with Gasteiger partial charge in [-0.25, -0.2) is 9.48 Å². The molecule has 0 atom stereocenters. The first-order chi connectivity index (χ1) is 7.29. The van der Waals surface area contributed by atoms with Crippen molar-refractivity contribution < 1.29 is 9.53 Å². The van der Waals surface area contributed by atoms with Gasteiger partial charge in [0.2, 0.25) is 0 Å². The number of ether oxygens (including phenoxy) is 1. The predicted molar refractivity (Wildman–Crippen MR) is 52.1 cm³/mol. The predicted octanol–water partition coefficient (Wildman–Crippen LogP) is -0.470. The second-order valence-electron chi connectivity index (χ2n) is 3.62. The first kappa shape index (κ1) is 10.1. The fraction of sp³-hybridized carbons (Fsp3) is 0.667. The van der Waals surface area contributed by atoms with Crippen molar-refractivity contribution in [3.63, 3.8) is 0 Å². The molecule has 1 saturated heterocycles. The van der Waals surface area contributed by atoms with Crippen molar-refractivity contribution in [3.8, 4) is 0 Å². The van der Waals surface area contributed by atoms with Gasteiger partial charge in [0, 0.05) is 6.20 Å². The molecule has 1 aromatic heterocycles. The minimum Gasteiger partial charge on any atom is -0.467 e. The zero-order chi connectivity index (χ0) is 10.7. The summed E-state index contributed by atoms with van der Waals surface area (Å²) in [7, 11) is 1.41. The van der Waals surface area contributed by atoms with Gasteiger partial charge in [0.1, 0.15) is 0 Å². The third-order valence-electron chi connectivity index (χ3n) is 2.86. The largest absolute Gasteiger partial charge is 0.467 e. The summed E-state index contributed by atoms with van der Waals surface area (Å²) >= 11 is 0. The van der Waals surface area contributed by atoms with E-state index in [0.29, 0.717) is 12.8 Å². The number of nitrogens with one attached hydrogen (secondary N) is 1. The number of carbonyl (C=O) groups excluding carboxylic acids is 1. The first-order valence-electron chi connectivity index (χ1n) is 4.95. The van der Waals surface area contributed by atoms with Crippen LogP contribution in [0, 0.1) is 0 Å². The molecule has 1 aliphatic heterocycles. The van der Waals surface area contributed by atoms with Crippen LogP contribution in [0.3, 0.4) is 0 Å². The number of aromatic nitrogens is 3. The summed E-state index contributed by atoms with van der Waals surface area (Å²) in [6.45, 7) is 1.57. The van der Waals surface area contributed by atoms with Crippen LogP contribution >= 0.6 is 0 Å². The van der Waals surface area contributed by atoms with E-state index in [1.807, 2.05) is 0 Å². The average Bonchev–Trinajstić information content (AvgIpc) is 2.83. The normalized spacial score (nSPS) is 19.8. The molecule has 2 rings (SSSR count). The van der Waals surface area contributed by atoms with E-state index in [9.17, 15) is 4.79 Å². The van der Waals surface area contributed by atoms with Gasteiger partial charge in [0.15, 0.2) is 5.54 Å². The third-order valence-corrected chi connectivity index (χ3v) is 2.86. The molecule has 0 amide bonds. The summed E-state index contributed by atoms with van der Waals surface area (Å²) in [5.41, 5.74) is -0.670. The summed E-state index contributed by atoms with van der Waals surface area (Å²) in [4.78, 5) is 11.8. The highest BCUT2D eigenvalue weighted by atomic mass is 16.5. The molecule has 82 valence electrons. The van der Waals surface area contributed by atoms with Gasteiger partial charge in [-0.05, 0) is 25.9 Å². The SMILES string of the molecule is COC(=O)C1(n2ccnn2)CCNCC1. The van der Waals surface area contributed by atoms with E-state index in [1.54, 1.807) is 17.1 Å². The van der Waals surface area contributed by atoms with E-state index in [0.717, 1.165) is 13.1 Å². The van der Waals surface area contributed by atoms with Crippen molar-refractivity contribution in [2.45, 2.75) is 18.4 Å². The summed E-state index contributed by atoms with van der Waals surface area (Å²) in [6.07, 6.45) is 4.65. The molecule has 1 aliphatic rings. The molecule has 15 heavy (non-hydrogen) atoms. The molecular formula is C9H14N4O2. The number of rotatable bonds is 2. The number of esters is 1. The molecule has 1 N–H and O–H groups in total. The lowest BCUT2D eigenvalue weighted by molar-refractivity contribution is -0.153. The Kier molecular flexibility index (Phi) is 2.68. The molecule has 0 saturated carbocycles. The second-order valence-corrected chi connectivity index (χ2v) is 3.62. The van der Waals surface area contributed by atoms with Gasteiger partial charge < -0.3 is 10.1 Å². The molecule has 0 bridgehead atoms. The topological polar surface area (TPSA) is 69.0 Å². The smallest absolute Gasteiger partial charge is 0.333 e. The Balaban J connectivity index is 2.34. The van der Waals surface area contributed by atoms with Crippen LogP contribution in [0.4, 0.5) is 0 Å². The van der Waals surface area contributed by atoms with E-state index >= 15 is 0 Å². The molecule has 1 aromatic rings. The van der Waals surface area contributed by atoms with Crippen molar-refractivity contribution >= 4 is 5.97 Å². The van der Waals surface area contributed by atoms with E-state index in [4.69, 9.17) is 4.74 Å². The standard InChI is InChI=1S/C9H14N4O2/c1-15-8(14)9(2-4-10-5-3-9)13-7-6-11-12-13/h6-7,10H,2-5H2,1H3. The van der Waals surface area contributed by atoms with Crippen molar-refractivity contribution in [2.75, 3.05) is 20.2 Å². The Labute approximate surface area is 87.6 Å². The quantitative estimate of drug-likeness (QED) is 0.668. The first-order valence-corrected chi connectivity index (χ1v) is 4.95. The van der Waals surface area contributed by atoms with Crippen molar-refractivity contribution in [1.82, 2.24) is 20.3 Å². The zero-order valence-corrected chi connectivity index (χ0v) is 8.64. The second kappa shape index (κ2) is 3.98. The lowest BCUT2D eigenvalue weighted by Gasteiger charge is -2.34. The van der Waals surface area contributed by atoms with Crippen LogP contribution in [0.25, 0.3) is 0 Å². The molecule has 0 radical (unpaired) electrons. The van der Waals surface area contributed by atoms with Gasteiger partial charge in [-0.1, -0.05) is 5.21 Å². The molecule has 0 aliphatic carbocycles. The van der Waals surface area contributed by atoms with Gasteiger partial charge in [0.05, 0.1) is 13.3 Å². The van der Waals surface area contributed by atoms with Gasteiger partial charge >= 0.3 is 5.97 Å². The number of hydrogen-bond acceptors (Lipinski definition) is 5. The number of hydrogen-bond donors (Lipinski definition) is 1. The Morgan fingerprint density at radius 2 is 2.27 bits per heavy atom. The molecule has 6 heteroatoms. The number of nitrogens with zero attached hydrogens (tertiary/aromatic N) is 3. The van der Waals surface area contributed by atoms with Gasteiger partial charge in [-0.2, -0.15) is 0 Å².